The van der Waals surface area contributed by atoms with E-state index < -0.39 is 6.04 Å². The molecule has 0 aliphatic heterocycles. The maximum Gasteiger partial charge on any atom is 0.236 e. The number of thiazole rings is 1. The summed E-state index contributed by atoms with van der Waals surface area (Å²) in [6.45, 7) is 6.33. The summed E-state index contributed by atoms with van der Waals surface area (Å²) in [5.74, 6) is -0.111. The van der Waals surface area contributed by atoms with Crippen LogP contribution in [0.15, 0.2) is 0 Å². The van der Waals surface area contributed by atoms with Crippen molar-refractivity contribution in [2.24, 2.45) is 5.73 Å². The molecule has 1 amide bonds. The largest absolute Gasteiger partial charge is 0.354 e. The molecule has 1 rings (SSSR count). The summed E-state index contributed by atoms with van der Waals surface area (Å²) in [6, 6.07) is -0.440. The molecule has 1 atom stereocenters. The minimum Gasteiger partial charge on any atom is -0.354 e. The molecule has 0 radical (unpaired) electrons. The normalized spacial score (nSPS) is 12.5. The number of carbonyl (C=O) groups is 1. The van der Waals surface area contributed by atoms with Crippen LogP contribution in [-0.4, -0.2) is 23.5 Å². The van der Waals surface area contributed by atoms with Gasteiger partial charge in [0.05, 0.1) is 16.7 Å². The lowest BCUT2D eigenvalue weighted by molar-refractivity contribution is -0.121. The number of nitrogens with one attached hydrogen (secondary N) is 1. The van der Waals surface area contributed by atoms with E-state index in [4.69, 9.17) is 5.73 Å². The number of aryl methyl sites for hydroxylation is 2. The summed E-state index contributed by atoms with van der Waals surface area (Å²) in [4.78, 5) is 16.8. The van der Waals surface area contributed by atoms with Crippen LogP contribution >= 0.6 is 11.3 Å². The summed E-state index contributed by atoms with van der Waals surface area (Å²) in [5.41, 5.74) is 6.50. The van der Waals surface area contributed by atoms with Gasteiger partial charge in [0.2, 0.25) is 5.91 Å². The number of nitrogens with zero attached hydrogens (tertiary/aromatic N) is 1. The van der Waals surface area contributed by atoms with Crippen LogP contribution in [0, 0.1) is 13.8 Å². The van der Waals surface area contributed by atoms with Crippen molar-refractivity contribution in [3.8, 4) is 0 Å². The average Bonchev–Trinajstić information content (AvgIpc) is 2.46. The molecular formula is C10H17N3OS. The van der Waals surface area contributed by atoms with Gasteiger partial charge in [-0.05, 0) is 20.8 Å². The Labute approximate surface area is 93.9 Å². The summed E-state index contributed by atoms with van der Waals surface area (Å²) in [6.07, 6.45) is 0.776. The quantitative estimate of drug-likeness (QED) is 0.798. The first kappa shape index (κ1) is 12.1. The zero-order valence-electron chi connectivity index (χ0n) is 9.33. The first-order chi connectivity index (χ1) is 7.00. The Kier molecular flexibility index (Phi) is 4.23. The fourth-order valence-corrected chi connectivity index (χ4v) is 2.03. The molecule has 0 bridgehead atoms. The lowest BCUT2D eigenvalue weighted by Gasteiger charge is -2.05. The highest BCUT2D eigenvalue weighted by atomic mass is 32.1. The van der Waals surface area contributed by atoms with Crippen molar-refractivity contribution >= 4 is 17.2 Å². The maximum atomic E-state index is 11.2. The van der Waals surface area contributed by atoms with Crippen LogP contribution in [-0.2, 0) is 11.2 Å². The standard InChI is InChI=1S/C10H17N3OS/c1-6(11)10(14)12-5-4-9-13-7(2)8(3)15-9/h6H,4-5,11H2,1-3H3,(H,12,14). The number of rotatable bonds is 4. The molecule has 0 saturated carbocycles. The topological polar surface area (TPSA) is 68.0 Å². The molecule has 1 aromatic heterocycles. The van der Waals surface area contributed by atoms with Gasteiger partial charge < -0.3 is 11.1 Å². The van der Waals surface area contributed by atoms with E-state index in [0.717, 1.165) is 17.1 Å². The van der Waals surface area contributed by atoms with E-state index in [-0.39, 0.29) is 5.91 Å². The zero-order valence-corrected chi connectivity index (χ0v) is 10.1. The fraction of sp³-hybridized carbons (Fsp3) is 0.600. The molecule has 1 aromatic rings. The van der Waals surface area contributed by atoms with E-state index in [0.29, 0.717) is 6.54 Å². The second kappa shape index (κ2) is 5.23. The Hall–Kier alpha value is -0.940. The third kappa shape index (κ3) is 3.60. The van der Waals surface area contributed by atoms with Crippen LogP contribution in [0.2, 0.25) is 0 Å². The van der Waals surface area contributed by atoms with Crippen LogP contribution in [0.1, 0.15) is 22.5 Å². The van der Waals surface area contributed by atoms with Crippen molar-refractivity contribution in [2.75, 3.05) is 6.54 Å². The van der Waals surface area contributed by atoms with Crippen LogP contribution in [0.4, 0.5) is 0 Å². The van der Waals surface area contributed by atoms with Gasteiger partial charge in [0, 0.05) is 17.8 Å². The number of carbonyl (C=O) groups excluding carboxylic acids is 1. The average molecular weight is 227 g/mol. The first-order valence-corrected chi connectivity index (χ1v) is 5.78. The Morgan fingerprint density at radius 2 is 2.27 bits per heavy atom. The van der Waals surface area contributed by atoms with Gasteiger partial charge in [-0.2, -0.15) is 0 Å². The zero-order chi connectivity index (χ0) is 11.4. The van der Waals surface area contributed by atoms with Gasteiger partial charge in [-0.15, -0.1) is 11.3 Å². The second-order valence-corrected chi connectivity index (χ2v) is 4.87. The molecule has 84 valence electrons. The van der Waals surface area contributed by atoms with Crippen molar-refractivity contribution in [3.63, 3.8) is 0 Å². The van der Waals surface area contributed by atoms with Crippen molar-refractivity contribution < 1.29 is 4.79 Å². The number of nitrogens with two attached hydrogens (primary N) is 1. The van der Waals surface area contributed by atoms with Gasteiger partial charge in [0.1, 0.15) is 0 Å². The number of hydrogen-bond donors (Lipinski definition) is 2. The van der Waals surface area contributed by atoms with E-state index in [1.165, 1.54) is 4.88 Å². The van der Waals surface area contributed by atoms with Gasteiger partial charge in [-0.3, -0.25) is 4.79 Å². The van der Waals surface area contributed by atoms with E-state index in [2.05, 4.69) is 17.2 Å². The van der Waals surface area contributed by atoms with Gasteiger partial charge in [0.15, 0.2) is 0 Å². The lowest BCUT2D eigenvalue weighted by Crippen LogP contribution is -2.39. The van der Waals surface area contributed by atoms with Crippen LogP contribution in [0.25, 0.3) is 0 Å². The lowest BCUT2D eigenvalue weighted by atomic mass is 10.3. The minimum atomic E-state index is -0.440. The summed E-state index contributed by atoms with van der Waals surface area (Å²) in [7, 11) is 0. The predicted molar refractivity (Wildman–Crippen MR) is 62.0 cm³/mol. The Bertz CT molecular complexity index is 327. The Balaban J connectivity index is 2.35. The third-order valence-corrected chi connectivity index (χ3v) is 3.26. The molecule has 5 heteroatoms. The van der Waals surface area contributed by atoms with Gasteiger partial charge >= 0.3 is 0 Å². The van der Waals surface area contributed by atoms with Gasteiger partial charge in [-0.25, -0.2) is 4.98 Å². The van der Waals surface area contributed by atoms with Crippen LogP contribution in [0.5, 0.6) is 0 Å². The van der Waals surface area contributed by atoms with Gasteiger partial charge in [0.25, 0.3) is 0 Å². The number of amides is 1. The number of hydrogen-bond acceptors (Lipinski definition) is 4. The van der Waals surface area contributed by atoms with Gasteiger partial charge in [-0.1, -0.05) is 0 Å². The molecule has 0 saturated heterocycles. The Morgan fingerprint density at radius 1 is 1.60 bits per heavy atom. The highest BCUT2D eigenvalue weighted by molar-refractivity contribution is 7.11. The van der Waals surface area contributed by atoms with Crippen molar-refractivity contribution in [1.29, 1.82) is 0 Å². The minimum absolute atomic E-state index is 0.111. The van der Waals surface area contributed by atoms with Crippen molar-refractivity contribution in [3.05, 3.63) is 15.6 Å². The van der Waals surface area contributed by atoms with E-state index in [1.807, 2.05) is 6.92 Å². The van der Waals surface area contributed by atoms with Crippen molar-refractivity contribution in [1.82, 2.24) is 10.3 Å². The Morgan fingerprint density at radius 3 is 2.73 bits per heavy atom. The molecular weight excluding hydrogens is 210 g/mol. The molecule has 1 heterocycles. The third-order valence-electron chi connectivity index (χ3n) is 2.12. The van der Waals surface area contributed by atoms with Crippen LogP contribution in [0.3, 0.4) is 0 Å². The highest BCUT2D eigenvalue weighted by Gasteiger charge is 2.07. The first-order valence-electron chi connectivity index (χ1n) is 4.97. The second-order valence-electron chi connectivity index (χ2n) is 3.58. The van der Waals surface area contributed by atoms with E-state index in [1.54, 1.807) is 18.3 Å². The summed E-state index contributed by atoms with van der Waals surface area (Å²) < 4.78 is 0. The molecule has 4 nitrogen and oxygen atoms in total. The van der Waals surface area contributed by atoms with Crippen molar-refractivity contribution in [2.45, 2.75) is 33.2 Å². The molecule has 0 aliphatic carbocycles. The summed E-state index contributed by atoms with van der Waals surface area (Å²) >= 11 is 1.68. The van der Waals surface area contributed by atoms with E-state index >= 15 is 0 Å². The number of aromatic nitrogens is 1. The van der Waals surface area contributed by atoms with E-state index in [9.17, 15) is 4.79 Å². The summed E-state index contributed by atoms with van der Waals surface area (Å²) in [5, 5.41) is 3.83. The molecule has 0 fully saturated rings. The molecule has 1 unspecified atom stereocenters. The predicted octanol–water partition coefficient (Wildman–Crippen LogP) is 0.766. The fourth-order valence-electron chi connectivity index (χ4n) is 1.10. The van der Waals surface area contributed by atoms with Crippen LogP contribution < -0.4 is 11.1 Å². The highest BCUT2D eigenvalue weighted by Crippen LogP contribution is 2.16. The molecule has 3 N–H and O–H groups in total. The molecule has 0 spiro atoms. The molecule has 15 heavy (non-hydrogen) atoms. The molecule has 0 aliphatic rings. The molecule has 0 aromatic carbocycles. The monoisotopic (exact) mass is 227 g/mol. The smallest absolute Gasteiger partial charge is 0.236 e. The SMILES string of the molecule is Cc1nc(CCNC(=O)C(C)N)sc1C. The maximum absolute atomic E-state index is 11.2.